The van der Waals surface area contributed by atoms with Gasteiger partial charge in [0.2, 0.25) is 0 Å². The quantitative estimate of drug-likeness (QED) is 0.526. The Labute approximate surface area is 133 Å². The van der Waals surface area contributed by atoms with Gasteiger partial charge in [-0.25, -0.2) is 0 Å². The molecule has 3 rings (SSSR count). The molecule has 1 aliphatic heterocycles. The number of amides is 3. The highest BCUT2D eigenvalue weighted by Gasteiger charge is 2.32. The average molecular weight is 331 g/mol. The van der Waals surface area contributed by atoms with Crippen molar-refractivity contribution >= 4 is 39.7 Å². The lowest BCUT2D eigenvalue weighted by molar-refractivity contribution is -0.380. The van der Waals surface area contributed by atoms with Gasteiger partial charge in [0, 0.05) is 18.8 Å². The second-order valence-corrected chi connectivity index (χ2v) is 5.84. The molecule has 2 aromatic rings. The Kier molecular flexibility index (Phi) is 3.41. The number of nitrogens with zero attached hydrogens (tertiary/aromatic N) is 2. The minimum atomic E-state index is -0.572. The van der Waals surface area contributed by atoms with Crippen LogP contribution < -0.4 is 5.32 Å². The molecule has 0 spiro atoms. The molecule has 0 fully saturated rings. The van der Waals surface area contributed by atoms with E-state index in [1.165, 1.54) is 37.4 Å². The minimum absolute atomic E-state index is 0.133. The zero-order chi connectivity index (χ0) is 16.7. The Bertz CT molecular complexity index is 873. The summed E-state index contributed by atoms with van der Waals surface area (Å²) < 4.78 is 0. The molecular formula is C14H9N3O5S. The number of imide groups is 1. The Morgan fingerprint density at radius 1 is 1.17 bits per heavy atom. The highest BCUT2D eigenvalue weighted by molar-refractivity contribution is 7.17. The van der Waals surface area contributed by atoms with Crippen molar-refractivity contribution in [3.05, 3.63) is 56.5 Å². The Morgan fingerprint density at radius 3 is 2.52 bits per heavy atom. The van der Waals surface area contributed by atoms with Gasteiger partial charge in [-0.1, -0.05) is 11.3 Å². The predicted molar refractivity (Wildman–Crippen MR) is 81.8 cm³/mol. The van der Waals surface area contributed by atoms with E-state index in [4.69, 9.17) is 0 Å². The number of nitrogens with one attached hydrogen (secondary N) is 1. The maximum absolute atomic E-state index is 12.1. The van der Waals surface area contributed by atoms with E-state index in [1.54, 1.807) is 0 Å². The Hall–Kier alpha value is -3.07. The van der Waals surface area contributed by atoms with E-state index in [0.717, 1.165) is 16.2 Å². The van der Waals surface area contributed by atoms with E-state index in [-0.39, 0.29) is 21.0 Å². The maximum Gasteiger partial charge on any atom is 0.324 e. The normalized spacial score (nSPS) is 13.2. The van der Waals surface area contributed by atoms with E-state index in [0.29, 0.717) is 5.69 Å². The standard InChI is InChI=1S/C14H9N3O5S/c1-16-13(19)8-3-2-7(6-9(8)14(16)20)15-12(18)10-4-5-11(23-10)17(21)22/h2-6H,1H3,(H,15,18). The molecule has 1 aromatic heterocycles. The van der Waals surface area contributed by atoms with Crippen molar-refractivity contribution in [2.45, 2.75) is 0 Å². The summed E-state index contributed by atoms with van der Waals surface area (Å²) in [5.74, 6) is -1.35. The first-order chi connectivity index (χ1) is 10.9. The number of nitro groups is 1. The monoisotopic (exact) mass is 331 g/mol. The fourth-order valence-corrected chi connectivity index (χ4v) is 2.90. The van der Waals surface area contributed by atoms with Crippen LogP contribution in [-0.4, -0.2) is 34.6 Å². The molecule has 0 atom stereocenters. The third kappa shape index (κ3) is 2.46. The molecule has 1 N–H and O–H groups in total. The van der Waals surface area contributed by atoms with Crippen molar-refractivity contribution < 1.29 is 19.3 Å². The molecule has 0 radical (unpaired) electrons. The van der Waals surface area contributed by atoms with Crippen molar-refractivity contribution in [2.75, 3.05) is 12.4 Å². The molecule has 1 aromatic carbocycles. The van der Waals surface area contributed by atoms with Crippen LogP contribution in [0.2, 0.25) is 0 Å². The summed E-state index contributed by atoms with van der Waals surface area (Å²) in [5, 5.41) is 13.1. The minimum Gasteiger partial charge on any atom is -0.321 e. The van der Waals surface area contributed by atoms with E-state index < -0.39 is 22.6 Å². The van der Waals surface area contributed by atoms with Crippen LogP contribution in [-0.2, 0) is 0 Å². The number of anilines is 1. The summed E-state index contributed by atoms with van der Waals surface area (Å²) in [7, 11) is 1.38. The van der Waals surface area contributed by atoms with Crippen molar-refractivity contribution in [3.8, 4) is 0 Å². The van der Waals surface area contributed by atoms with Crippen LogP contribution in [0.5, 0.6) is 0 Å². The molecule has 9 heteroatoms. The maximum atomic E-state index is 12.1. The van der Waals surface area contributed by atoms with Gasteiger partial charge in [0.25, 0.3) is 17.7 Å². The number of benzene rings is 1. The summed E-state index contributed by atoms with van der Waals surface area (Å²) in [6.45, 7) is 0. The molecule has 0 bridgehead atoms. The molecule has 23 heavy (non-hydrogen) atoms. The predicted octanol–water partition coefficient (Wildman–Crippen LogP) is 2.13. The number of carbonyl (C=O) groups excluding carboxylic acids is 3. The fraction of sp³-hybridized carbons (Fsp3) is 0.0714. The molecule has 0 saturated carbocycles. The highest BCUT2D eigenvalue weighted by Crippen LogP contribution is 2.27. The SMILES string of the molecule is CN1C(=O)c2ccc(NC(=O)c3ccc([N+](=O)[O-])s3)cc2C1=O. The molecule has 1 aliphatic rings. The first-order valence-electron chi connectivity index (χ1n) is 6.40. The summed E-state index contributed by atoms with van der Waals surface area (Å²) >= 11 is 0.755. The fourth-order valence-electron chi connectivity index (χ4n) is 2.18. The molecule has 8 nitrogen and oxygen atoms in total. The van der Waals surface area contributed by atoms with Gasteiger partial charge in [-0.05, 0) is 24.3 Å². The molecule has 3 amide bonds. The Balaban J connectivity index is 1.84. The van der Waals surface area contributed by atoms with Crippen molar-refractivity contribution in [2.24, 2.45) is 0 Å². The van der Waals surface area contributed by atoms with E-state index in [2.05, 4.69) is 5.32 Å². The second-order valence-electron chi connectivity index (χ2n) is 4.78. The van der Waals surface area contributed by atoms with Gasteiger partial charge >= 0.3 is 5.00 Å². The van der Waals surface area contributed by atoms with Crippen LogP contribution in [0, 0.1) is 10.1 Å². The smallest absolute Gasteiger partial charge is 0.321 e. The van der Waals surface area contributed by atoms with Gasteiger partial charge < -0.3 is 5.32 Å². The van der Waals surface area contributed by atoms with E-state index >= 15 is 0 Å². The van der Waals surface area contributed by atoms with Crippen LogP contribution >= 0.6 is 11.3 Å². The number of thiophene rings is 1. The van der Waals surface area contributed by atoms with Crippen molar-refractivity contribution in [1.29, 1.82) is 0 Å². The zero-order valence-electron chi connectivity index (χ0n) is 11.7. The summed E-state index contributed by atoms with van der Waals surface area (Å²) in [6, 6.07) is 6.99. The third-order valence-corrected chi connectivity index (χ3v) is 4.38. The molecule has 116 valence electrons. The number of fused-ring (bicyclic) bond motifs is 1. The summed E-state index contributed by atoms with van der Waals surface area (Å²) in [4.78, 5) is 47.0. The Morgan fingerprint density at radius 2 is 1.87 bits per heavy atom. The van der Waals surface area contributed by atoms with Gasteiger partial charge in [-0.2, -0.15) is 0 Å². The van der Waals surface area contributed by atoms with Crippen LogP contribution in [0.15, 0.2) is 30.3 Å². The lowest BCUT2D eigenvalue weighted by atomic mass is 10.1. The van der Waals surface area contributed by atoms with Crippen molar-refractivity contribution in [3.63, 3.8) is 0 Å². The first kappa shape index (κ1) is 14.9. The number of hydrogen-bond donors (Lipinski definition) is 1. The van der Waals surface area contributed by atoms with Gasteiger partial charge in [0.1, 0.15) is 0 Å². The van der Waals surface area contributed by atoms with Crippen LogP contribution in [0.3, 0.4) is 0 Å². The number of carbonyl (C=O) groups is 3. The van der Waals surface area contributed by atoms with Crippen molar-refractivity contribution in [1.82, 2.24) is 4.90 Å². The highest BCUT2D eigenvalue weighted by atomic mass is 32.1. The first-order valence-corrected chi connectivity index (χ1v) is 7.22. The molecule has 0 saturated heterocycles. The molecular weight excluding hydrogens is 322 g/mol. The third-order valence-electron chi connectivity index (χ3n) is 3.34. The summed E-state index contributed by atoms with van der Waals surface area (Å²) in [6.07, 6.45) is 0. The topological polar surface area (TPSA) is 110 Å². The van der Waals surface area contributed by atoms with Gasteiger partial charge in [-0.3, -0.25) is 29.4 Å². The zero-order valence-corrected chi connectivity index (χ0v) is 12.5. The molecule has 2 heterocycles. The largest absolute Gasteiger partial charge is 0.324 e. The van der Waals surface area contributed by atoms with Crippen LogP contribution in [0.25, 0.3) is 0 Å². The van der Waals surface area contributed by atoms with Gasteiger partial charge in [-0.15, -0.1) is 0 Å². The molecule has 0 unspecified atom stereocenters. The lowest BCUT2D eigenvalue weighted by Gasteiger charge is -2.04. The van der Waals surface area contributed by atoms with E-state index in [1.807, 2.05) is 0 Å². The van der Waals surface area contributed by atoms with Gasteiger partial charge in [0.05, 0.1) is 20.9 Å². The lowest BCUT2D eigenvalue weighted by Crippen LogP contribution is -2.24. The van der Waals surface area contributed by atoms with Gasteiger partial charge in [0.15, 0.2) is 0 Å². The summed E-state index contributed by atoms with van der Waals surface area (Å²) in [5.41, 5.74) is 0.830. The van der Waals surface area contributed by atoms with E-state index in [9.17, 15) is 24.5 Å². The van der Waals surface area contributed by atoms with Crippen LogP contribution in [0.1, 0.15) is 30.4 Å². The molecule has 0 aliphatic carbocycles. The average Bonchev–Trinajstić information content (AvgIpc) is 3.09. The number of hydrogen-bond acceptors (Lipinski definition) is 6. The second kappa shape index (κ2) is 5.29. The number of rotatable bonds is 3. The van der Waals surface area contributed by atoms with Crippen LogP contribution in [0.4, 0.5) is 10.7 Å².